The van der Waals surface area contributed by atoms with Crippen molar-refractivity contribution in [3.63, 3.8) is 0 Å². The van der Waals surface area contributed by atoms with E-state index in [0.29, 0.717) is 5.06 Å². The normalized spacial score (nSPS) is 10.2. The second-order valence-corrected chi connectivity index (χ2v) is 3.21. The molecular formula is C8H16N2O3. The summed E-state index contributed by atoms with van der Waals surface area (Å²) in [5.41, 5.74) is 0. The Balaban J connectivity index is 3.76. The van der Waals surface area contributed by atoms with Crippen molar-refractivity contribution in [2.75, 3.05) is 27.2 Å². The first-order chi connectivity index (χ1) is 5.93. The molecule has 0 saturated carbocycles. The first kappa shape index (κ1) is 12.1. The molecule has 0 fully saturated rings. The Hall–Kier alpha value is -0.940. The summed E-state index contributed by atoms with van der Waals surface area (Å²) in [7, 11) is 3.47. The van der Waals surface area contributed by atoms with Crippen molar-refractivity contribution in [2.45, 2.75) is 13.3 Å². The number of hydroxylamine groups is 2. The minimum atomic E-state index is -0.397. The summed E-state index contributed by atoms with van der Waals surface area (Å²) in [6, 6.07) is 0. The fourth-order valence-electron chi connectivity index (χ4n) is 0.740. The highest BCUT2D eigenvalue weighted by Crippen LogP contribution is 1.90. The van der Waals surface area contributed by atoms with Crippen LogP contribution in [0.5, 0.6) is 0 Å². The Bertz CT molecular complexity index is 192. The van der Waals surface area contributed by atoms with Gasteiger partial charge in [0.15, 0.2) is 0 Å². The molecule has 0 aliphatic carbocycles. The maximum Gasteiger partial charge on any atom is 0.260 e. The van der Waals surface area contributed by atoms with Gasteiger partial charge >= 0.3 is 0 Å². The number of carbonyl (C=O) groups excluding carboxylic acids is 2. The van der Waals surface area contributed by atoms with Crippen molar-refractivity contribution in [2.24, 2.45) is 0 Å². The highest BCUT2D eigenvalue weighted by Gasteiger charge is 2.11. The monoisotopic (exact) mass is 188 g/mol. The molecule has 5 heteroatoms. The lowest BCUT2D eigenvalue weighted by molar-refractivity contribution is -0.166. The number of rotatable bonds is 5. The van der Waals surface area contributed by atoms with E-state index in [2.05, 4.69) is 0 Å². The number of Topliss-reactive ketones (excluding diaryl/α,β-unsaturated/α-hetero) is 1. The molecule has 0 spiro atoms. The Morgan fingerprint density at radius 2 is 1.85 bits per heavy atom. The van der Waals surface area contributed by atoms with Crippen LogP contribution in [-0.2, 0) is 9.59 Å². The molecule has 1 N–H and O–H groups in total. The second-order valence-electron chi connectivity index (χ2n) is 3.21. The molecule has 0 rings (SSSR count). The van der Waals surface area contributed by atoms with E-state index in [1.165, 1.54) is 6.92 Å². The number of likely N-dealkylation sites (N-methyl/N-ethyl adjacent to an activating group) is 1. The van der Waals surface area contributed by atoms with Crippen LogP contribution in [0.1, 0.15) is 13.3 Å². The standard InChI is InChI=1S/C8H16N2O3/c1-7(11)4-5-10(13)8(12)6-9(2)3/h13H,4-6H2,1-3H3. The molecule has 0 heterocycles. The Labute approximate surface area is 77.9 Å². The van der Waals surface area contributed by atoms with Crippen molar-refractivity contribution < 1.29 is 14.8 Å². The van der Waals surface area contributed by atoms with E-state index in [1.807, 2.05) is 0 Å². The van der Waals surface area contributed by atoms with E-state index in [-0.39, 0.29) is 25.3 Å². The quantitative estimate of drug-likeness (QED) is 0.477. The first-order valence-electron chi connectivity index (χ1n) is 4.07. The highest BCUT2D eigenvalue weighted by atomic mass is 16.5. The number of ketones is 1. The van der Waals surface area contributed by atoms with E-state index in [1.54, 1.807) is 19.0 Å². The maximum atomic E-state index is 11.1. The third-order valence-corrected chi connectivity index (χ3v) is 1.42. The second kappa shape index (κ2) is 5.66. The minimum absolute atomic E-state index is 0.0447. The van der Waals surface area contributed by atoms with Crippen LogP contribution in [0.15, 0.2) is 0 Å². The zero-order valence-electron chi connectivity index (χ0n) is 8.28. The summed E-state index contributed by atoms with van der Waals surface area (Å²) < 4.78 is 0. The van der Waals surface area contributed by atoms with Crippen molar-refractivity contribution in [3.05, 3.63) is 0 Å². The third-order valence-electron chi connectivity index (χ3n) is 1.42. The predicted octanol–water partition coefficient (Wildman–Crippen LogP) is -0.255. The fourth-order valence-corrected chi connectivity index (χ4v) is 0.740. The number of hydrogen-bond acceptors (Lipinski definition) is 4. The maximum absolute atomic E-state index is 11.1. The number of carbonyl (C=O) groups is 2. The van der Waals surface area contributed by atoms with Crippen LogP contribution >= 0.6 is 0 Å². The van der Waals surface area contributed by atoms with Gasteiger partial charge in [0.25, 0.3) is 5.91 Å². The van der Waals surface area contributed by atoms with Crippen LogP contribution in [-0.4, -0.2) is 54.0 Å². The van der Waals surface area contributed by atoms with Crippen LogP contribution in [0.4, 0.5) is 0 Å². The van der Waals surface area contributed by atoms with Gasteiger partial charge in [-0.05, 0) is 21.0 Å². The molecule has 13 heavy (non-hydrogen) atoms. The van der Waals surface area contributed by atoms with Gasteiger partial charge < -0.3 is 4.90 Å². The molecule has 1 amide bonds. The topological polar surface area (TPSA) is 60.9 Å². The zero-order chi connectivity index (χ0) is 10.4. The molecule has 0 aliphatic heterocycles. The van der Waals surface area contributed by atoms with Crippen LogP contribution in [0.3, 0.4) is 0 Å². The molecule has 0 bridgehead atoms. The highest BCUT2D eigenvalue weighted by molar-refractivity contribution is 5.79. The first-order valence-corrected chi connectivity index (χ1v) is 4.07. The lowest BCUT2D eigenvalue weighted by atomic mass is 10.3. The van der Waals surface area contributed by atoms with E-state index in [9.17, 15) is 9.59 Å². The van der Waals surface area contributed by atoms with Crippen molar-refractivity contribution in [3.8, 4) is 0 Å². The smallest absolute Gasteiger partial charge is 0.260 e. The SMILES string of the molecule is CC(=O)CCN(O)C(=O)CN(C)C. The predicted molar refractivity (Wildman–Crippen MR) is 47.4 cm³/mol. The van der Waals surface area contributed by atoms with Gasteiger partial charge in [-0.2, -0.15) is 0 Å². The Kier molecular flexibility index (Phi) is 5.25. The van der Waals surface area contributed by atoms with Gasteiger partial charge in [0.2, 0.25) is 0 Å². The Morgan fingerprint density at radius 3 is 2.23 bits per heavy atom. The van der Waals surface area contributed by atoms with Gasteiger partial charge in [-0.1, -0.05) is 0 Å². The van der Waals surface area contributed by atoms with E-state index in [4.69, 9.17) is 5.21 Å². The molecule has 0 saturated heterocycles. The van der Waals surface area contributed by atoms with Crippen molar-refractivity contribution in [1.29, 1.82) is 0 Å². The molecule has 0 aromatic rings. The largest absolute Gasteiger partial charge is 0.301 e. The number of hydrogen-bond donors (Lipinski definition) is 1. The summed E-state index contributed by atoms with van der Waals surface area (Å²) in [5, 5.41) is 9.71. The molecule has 0 aromatic heterocycles. The van der Waals surface area contributed by atoms with E-state index in [0.717, 1.165) is 0 Å². The summed E-state index contributed by atoms with van der Waals surface area (Å²) in [5.74, 6) is -0.442. The molecule has 76 valence electrons. The van der Waals surface area contributed by atoms with Gasteiger partial charge in [0, 0.05) is 6.42 Å². The zero-order valence-corrected chi connectivity index (χ0v) is 8.28. The average Bonchev–Trinajstić information content (AvgIpc) is 1.98. The van der Waals surface area contributed by atoms with Gasteiger partial charge in [-0.3, -0.25) is 14.8 Å². The molecule has 0 aromatic carbocycles. The summed E-state index contributed by atoms with van der Waals surface area (Å²) in [6.07, 6.45) is 0.190. The van der Waals surface area contributed by atoms with E-state index < -0.39 is 5.91 Å². The third kappa shape index (κ3) is 6.24. The molecule has 0 radical (unpaired) electrons. The van der Waals surface area contributed by atoms with Crippen LogP contribution in [0, 0.1) is 0 Å². The lowest BCUT2D eigenvalue weighted by Gasteiger charge is -2.16. The summed E-state index contributed by atoms with van der Waals surface area (Å²) in [4.78, 5) is 23.3. The van der Waals surface area contributed by atoms with E-state index >= 15 is 0 Å². The number of nitrogens with zero attached hydrogens (tertiary/aromatic N) is 2. The van der Waals surface area contributed by atoms with Crippen LogP contribution in [0.2, 0.25) is 0 Å². The molecule has 0 atom stereocenters. The molecule has 0 unspecified atom stereocenters. The lowest BCUT2D eigenvalue weighted by Crippen LogP contribution is -2.36. The minimum Gasteiger partial charge on any atom is -0.301 e. The fraction of sp³-hybridized carbons (Fsp3) is 0.750. The molecule has 0 aliphatic rings. The van der Waals surface area contributed by atoms with Crippen molar-refractivity contribution in [1.82, 2.24) is 9.96 Å². The van der Waals surface area contributed by atoms with Gasteiger partial charge in [0.1, 0.15) is 5.78 Å². The summed E-state index contributed by atoms with van der Waals surface area (Å²) >= 11 is 0. The molecular weight excluding hydrogens is 172 g/mol. The van der Waals surface area contributed by atoms with Crippen LogP contribution in [0.25, 0.3) is 0 Å². The van der Waals surface area contributed by atoms with Crippen LogP contribution < -0.4 is 0 Å². The molecule has 5 nitrogen and oxygen atoms in total. The summed E-state index contributed by atoms with van der Waals surface area (Å²) in [6.45, 7) is 1.64. The van der Waals surface area contributed by atoms with Crippen molar-refractivity contribution >= 4 is 11.7 Å². The van der Waals surface area contributed by atoms with Gasteiger partial charge in [-0.25, -0.2) is 5.06 Å². The van der Waals surface area contributed by atoms with Gasteiger partial charge in [-0.15, -0.1) is 0 Å². The van der Waals surface area contributed by atoms with Gasteiger partial charge in [0.05, 0.1) is 13.1 Å². The number of amides is 1. The average molecular weight is 188 g/mol. The Morgan fingerprint density at radius 1 is 1.31 bits per heavy atom.